The molecule has 1 heterocycles. The average molecular weight is 508 g/mol. The lowest BCUT2D eigenvalue weighted by Gasteiger charge is -2.25. The molecular formula is C29H37N3O5. The number of fused-ring (bicyclic) bond motifs is 1. The zero-order valence-corrected chi connectivity index (χ0v) is 21.9. The van der Waals surface area contributed by atoms with Crippen LogP contribution >= 0.6 is 0 Å². The van der Waals surface area contributed by atoms with Crippen LogP contribution in [0.5, 0.6) is 0 Å². The minimum absolute atomic E-state index is 0.00656. The van der Waals surface area contributed by atoms with Crippen LogP contribution in [0.1, 0.15) is 82.6 Å². The van der Waals surface area contributed by atoms with Crippen LogP contribution in [-0.2, 0) is 19.2 Å². The third kappa shape index (κ3) is 7.14. The predicted molar refractivity (Wildman–Crippen MR) is 140 cm³/mol. The fourth-order valence-electron chi connectivity index (χ4n) is 5.10. The molecule has 2 aliphatic carbocycles. The summed E-state index contributed by atoms with van der Waals surface area (Å²) in [4.78, 5) is 67.9. The molecule has 0 saturated heterocycles. The van der Waals surface area contributed by atoms with E-state index in [9.17, 15) is 24.0 Å². The molecule has 2 saturated carbocycles. The summed E-state index contributed by atoms with van der Waals surface area (Å²) in [5, 5.41) is 6.37. The first-order valence-electron chi connectivity index (χ1n) is 13.3. The molecule has 3 N–H and O–H groups in total. The van der Waals surface area contributed by atoms with E-state index in [0.717, 1.165) is 30.2 Å². The fourth-order valence-corrected chi connectivity index (χ4v) is 5.10. The van der Waals surface area contributed by atoms with E-state index in [2.05, 4.69) is 15.6 Å². The normalized spacial score (nSPS) is 19.4. The Morgan fingerprint density at radius 2 is 1.78 bits per heavy atom. The van der Waals surface area contributed by atoms with Crippen molar-refractivity contribution in [1.29, 1.82) is 0 Å². The highest BCUT2D eigenvalue weighted by molar-refractivity contribution is 6.38. The van der Waals surface area contributed by atoms with Crippen LogP contribution in [-0.4, -0.2) is 45.7 Å². The number of aromatic nitrogens is 1. The molecule has 8 nitrogen and oxygen atoms in total. The molecule has 198 valence electrons. The number of hydrogen-bond donors (Lipinski definition) is 3. The van der Waals surface area contributed by atoms with E-state index in [1.807, 2.05) is 24.3 Å². The van der Waals surface area contributed by atoms with Crippen LogP contribution in [0.3, 0.4) is 0 Å². The minimum atomic E-state index is -1.10. The van der Waals surface area contributed by atoms with Gasteiger partial charge in [0.05, 0.1) is 11.7 Å². The largest absolute Gasteiger partial charge is 0.352 e. The monoisotopic (exact) mass is 507 g/mol. The quantitative estimate of drug-likeness (QED) is 0.314. The number of Topliss-reactive ketones (excluding diaryl/α,β-unsaturated/α-hetero) is 3. The van der Waals surface area contributed by atoms with Gasteiger partial charge in [-0.1, -0.05) is 31.0 Å². The summed E-state index contributed by atoms with van der Waals surface area (Å²) in [7, 11) is 0. The lowest BCUT2D eigenvalue weighted by molar-refractivity contribution is -0.141. The van der Waals surface area contributed by atoms with Crippen LogP contribution in [0.15, 0.2) is 30.3 Å². The Morgan fingerprint density at radius 1 is 1.05 bits per heavy atom. The molecule has 0 aliphatic heterocycles. The summed E-state index contributed by atoms with van der Waals surface area (Å²) in [5.74, 6) is -2.66. The number of nitrogens with one attached hydrogen (secondary N) is 3. The molecule has 2 aliphatic rings. The first-order chi connectivity index (χ1) is 17.5. The van der Waals surface area contributed by atoms with Gasteiger partial charge >= 0.3 is 0 Å². The maximum atomic E-state index is 13.5. The standard InChI is InChI=1S/C29H37N3O5/c1-29(2,3)32-28(37)26(35)23(15-19-8-6-10-24(19)33)31-27(36)20(13-17-11-12-17)16-25(34)22-14-18-7-4-5-9-21(18)30-22/h4-5,7,9,14,17,19-20,23,30H,6,8,10-13,15-16H2,1-3H3,(H,31,36)(H,32,37)/t19-,20+,23-/m0/s1. The van der Waals surface area contributed by atoms with Gasteiger partial charge in [0, 0.05) is 41.1 Å². The molecule has 1 aromatic carbocycles. The molecule has 1 aromatic heterocycles. The van der Waals surface area contributed by atoms with Crippen molar-refractivity contribution in [1.82, 2.24) is 15.6 Å². The highest BCUT2D eigenvalue weighted by atomic mass is 16.2. The Balaban J connectivity index is 1.50. The predicted octanol–water partition coefficient (Wildman–Crippen LogP) is 3.88. The van der Waals surface area contributed by atoms with Gasteiger partial charge in [-0.05, 0) is 64.5 Å². The molecular weight excluding hydrogens is 470 g/mol. The van der Waals surface area contributed by atoms with Crippen molar-refractivity contribution in [2.45, 2.75) is 83.7 Å². The maximum absolute atomic E-state index is 13.5. The van der Waals surface area contributed by atoms with Gasteiger partial charge in [0.25, 0.3) is 5.91 Å². The van der Waals surface area contributed by atoms with Crippen LogP contribution in [0, 0.1) is 17.8 Å². The van der Waals surface area contributed by atoms with Crippen LogP contribution in [0.2, 0.25) is 0 Å². The number of H-pyrrole nitrogens is 1. The third-order valence-electron chi connectivity index (χ3n) is 7.24. The SMILES string of the molecule is CC(C)(C)NC(=O)C(=O)[C@H](C[C@@H]1CCCC1=O)NC(=O)[C@@H](CC(=O)c1cc2ccccc2[nH]1)CC1CC1. The van der Waals surface area contributed by atoms with Gasteiger partial charge in [0.15, 0.2) is 5.78 Å². The summed E-state index contributed by atoms with van der Waals surface area (Å²) in [5.41, 5.74) is 0.680. The van der Waals surface area contributed by atoms with E-state index in [1.165, 1.54) is 0 Å². The summed E-state index contributed by atoms with van der Waals surface area (Å²) in [6, 6.07) is 8.28. The summed E-state index contributed by atoms with van der Waals surface area (Å²) >= 11 is 0. The van der Waals surface area contributed by atoms with E-state index in [-0.39, 0.29) is 30.3 Å². The number of carbonyl (C=O) groups is 5. The number of ketones is 3. The van der Waals surface area contributed by atoms with Crippen molar-refractivity contribution >= 4 is 40.1 Å². The molecule has 0 radical (unpaired) electrons. The van der Waals surface area contributed by atoms with Gasteiger partial charge in [-0.25, -0.2) is 0 Å². The van der Waals surface area contributed by atoms with Crippen LogP contribution in [0.4, 0.5) is 0 Å². The van der Waals surface area contributed by atoms with Gasteiger partial charge in [-0.2, -0.15) is 0 Å². The Morgan fingerprint density at radius 3 is 2.41 bits per heavy atom. The molecule has 3 atom stereocenters. The molecule has 0 bridgehead atoms. The minimum Gasteiger partial charge on any atom is -0.352 e. The van der Waals surface area contributed by atoms with E-state index >= 15 is 0 Å². The molecule has 2 aromatic rings. The molecule has 4 rings (SSSR count). The van der Waals surface area contributed by atoms with E-state index in [1.54, 1.807) is 26.8 Å². The fraction of sp³-hybridized carbons (Fsp3) is 0.552. The van der Waals surface area contributed by atoms with Crippen molar-refractivity contribution in [3.05, 3.63) is 36.0 Å². The third-order valence-corrected chi connectivity index (χ3v) is 7.24. The van der Waals surface area contributed by atoms with Gasteiger partial charge in [0.2, 0.25) is 11.7 Å². The lowest BCUT2D eigenvalue weighted by atomic mass is 9.91. The first-order valence-corrected chi connectivity index (χ1v) is 13.3. The Hall–Kier alpha value is -3.29. The van der Waals surface area contributed by atoms with Crippen molar-refractivity contribution in [2.75, 3.05) is 0 Å². The first kappa shape index (κ1) is 26.8. The van der Waals surface area contributed by atoms with Gasteiger partial charge < -0.3 is 15.6 Å². The molecule has 0 unspecified atom stereocenters. The smallest absolute Gasteiger partial charge is 0.290 e. The van der Waals surface area contributed by atoms with E-state index < -0.39 is 35.1 Å². The van der Waals surface area contributed by atoms with Crippen molar-refractivity contribution in [3.8, 4) is 0 Å². The zero-order chi connectivity index (χ0) is 26.7. The van der Waals surface area contributed by atoms with E-state index in [4.69, 9.17) is 0 Å². The summed E-state index contributed by atoms with van der Waals surface area (Å²) in [6.45, 7) is 5.31. The highest BCUT2D eigenvalue weighted by Gasteiger charge is 2.37. The molecule has 37 heavy (non-hydrogen) atoms. The topological polar surface area (TPSA) is 125 Å². The molecule has 2 amide bonds. The second kappa shape index (κ2) is 11.0. The maximum Gasteiger partial charge on any atom is 0.290 e. The van der Waals surface area contributed by atoms with Crippen molar-refractivity contribution in [3.63, 3.8) is 0 Å². The second-order valence-electron chi connectivity index (χ2n) is 11.7. The van der Waals surface area contributed by atoms with Crippen LogP contribution in [0.25, 0.3) is 10.9 Å². The number of amides is 2. The van der Waals surface area contributed by atoms with Crippen molar-refractivity contribution < 1.29 is 24.0 Å². The van der Waals surface area contributed by atoms with Crippen LogP contribution < -0.4 is 10.6 Å². The molecule has 8 heteroatoms. The van der Waals surface area contributed by atoms with Gasteiger partial charge in [0.1, 0.15) is 5.78 Å². The number of hydrogen-bond acceptors (Lipinski definition) is 5. The highest BCUT2D eigenvalue weighted by Crippen LogP contribution is 2.37. The number of para-hydroxylation sites is 1. The lowest BCUT2D eigenvalue weighted by Crippen LogP contribution is -2.53. The zero-order valence-electron chi connectivity index (χ0n) is 21.9. The molecule has 2 fully saturated rings. The Labute approximate surface area is 217 Å². The number of benzene rings is 1. The van der Waals surface area contributed by atoms with Crippen molar-refractivity contribution in [2.24, 2.45) is 17.8 Å². The number of carbonyl (C=O) groups excluding carboxylic acids is 5. The Bertz CT molecular complexity index is 1170. The molecule has 0 spiro atoms. The Kier molecular flexibility index (Phi) is 7.95. The van der Waals surface area contributed by atoms with Gasteiger partial charge in [-0.15, -0.1) is 0 Å². The summed E-state index contributed by atoms with van der Waals surface area (Å²) in [6.07, 6.45) is 4.53. The second-order valence-corrected chi connectivity index (χ2v) is 11.7. The van der Waals surface area contributed by atoms with E-state index in [0.29, 0.717) is 30.9 Å². The summed E-state index contributed by atoms with van der Waals surface area (Å²) < 4.78 is 0. The van der Waals surface area contributed by atoms with Gasteiger partial charge in [-0.3, -0.25) is 24.0 Å². The number of rotatable bonds is 11. The average Bonchev–Trinajstić information content (AvgIpc) is 3.39. The number of aromatic amines is 1.